The molecule has 0 aromatic carbocycles. The second kappa shape index (κ2) is 6.16. The van der Waals surface area contributed by atoms with Crippen LogP contribution >= 0.6 is 22.7 Å². The zero-order valence-corrected chi connectivity index (χ0v) is 12.9. The van der Waals surface area contributed by atoms with Gasteiger partial charge >= 0.3 is 0 Å². The maximum absolute atomic E-state index is 4.41. The van der Waals surface area contributed by atoms with Gasteiger partial charge in [0, 0.05) is 33.8 Å². The first-order chi connectivity index (χ1) is 9.36. The Morgan fingerprint density at radius 3 is 3.00 bits per heavy atom. The minimum Gasteiger partial charge on any atom is -0.312 e. The molecule has 2 aromatic heterocycles. The summed E-state index contributed by atoms with van der Waals surface area (Å²) in [5.74, 6) is 0. The predicted molar refractivity (Wildman–Crippen MR) is 83.2 cm³/mol. The average Bonchev–Trinajstić information content (AvgIpc) is 3.02. The van der Waals surface area contributed by atoms with Gasteiger partial charge in [-0.05, 0) is 44.4 Å². The number of aryl methyl sites for hydroxylation is 2. The molecule has 3 rings (SSSR count). The smallest absolute Gasteiger partial charge is 0.0944 e. The molecule has 1 unspecified atom stereocenters. The summed E-state index contributed by atoms with van der Waals surface area (Å²) < 4.78 is 0. The number of hydrogen-bond donors (Lipinski definition) is 1. The van der Waals surface area contributed by atoms with E-state index < -0.39 is 0 Å². The standard InChI is InChI=1S/C15H20N2S2/c1-16-12(10-15-17-7-8-18-15)14-9-11-5-3-2-4-6-13(11)19-14/h7-9,12,16H,2-6,10H2,1H3. The molecular weight excluding hydrogens is 272 g/mol. The Bertz CT molecular complexity index is 493. The van der Waals surface area contributed by atoms with Crippen LogP contribution in [0.1, 0.15) is 45.6 Å². The van der Waals surface area contributed by atoms with Crippen molar-refractivity contribution in [3.05, 3.63) is 38.0 Å². The van der Waals surface area contributed by atoms with Gasteiger partial charge in [0.05, 0.1) is 5.01 Å². The number of likely N-dealkylation sites (N-methyl/N-ethyl adjacent to an activating group) is 1. The fourth-order valence-corrected chi connectivity index (χ4v) is 4.77. The minimum atomic E-state index is 0.420. The molecule has 2 aromatic rings. The van der Waals surface area contributed by atoms with Crippen LogP contribution in [0.25, 0.3) is 0 Å². The van der Waals surface area contributed by atoms with Crippen LogP contribution in [0.15, 0.2) is 17.6 Å². The maximum Gasteiger partial charge on any atom is 0.0944 e. The van der Waals surface area contributed by atoms with Crippen LogP contribution in [0, 0.1) is 0 Å². The second-order valence-electron chi connectivity index (χ2n) is 5.13. The van der Waals surface area contributed by atoms with Crippen molar-refractivity contribution >= 4 is 22.7 Å². The number of nitrogens with zero attached hydrogens (tertiary/aromatic N) is 1. The number of thiophene rings is 1. The molecule has 1 N–H and O–H groups in total. The third-order valence-corrected chi connectivity index (χ3v) is 5.97. The second-order valence-corrected chi connectivity index (χ2v) is 7.28. The van der Waals surface area contributed by atoms with Gasteiger partial charge in [-0.25, -0.2) is 4.98 Å². The summed E-state index contributed by atoms with van der Waals surface area (Å²) in [6.45, 7) is 0. The van der Waals surface area contributed by atoms with E-state index in [4.69, 9.17) is 0 Å². The first kappa shape index (κ1) is 13.3. The Morgan fingerprint density at radius 1 is 1.32 bits per heavy atom. The Morgan fingerprint density at radius 2 is 2.21 bits per heavy atom. The molecule has 2 heterocycles. The van der Waals surface area contributed by atoms with Crippen LogP contribution in [-0.2, 0) is 19.3 Å². The lowest BCUT2D eigenvalue weighted by molar-refractivity contribution is 0.599. The van der Waals surface area contributed by atoms with Crippen LogP contribution in [-0.4, -0.2) is 12.0 Å². The first-order valence-corrected chi connectivity index (χ1v) is 8.73. The highest BCUT2D eigenvalue weighted by Crippen LogP contribution is 2.33. The van der Waals surface area contributed by atoms with E-state index in [0.29, 0.717) is 6.04 Å². The van der Waals surface area contributed by atoms with E-state index in [0.717, 1.165) is 6.42 Å². The number of rotatable bonds is 4. The van der Waals surface area contributed by atoms with Gasteiger partial charge in [-0.15, -0.1) is 22.7 Å². The molecule has 0 aliphatic heterocycles. The summed E-state index contributed by atoms with van der Waals surface area (Å²) in [5, 5.41) is 6.74. The minimum absolute atomic E-state index is 0.420. The van der Waals surface area contributed by atoms with Gasteiger partial charge in [0.1, 0.15) is 0 Å². The molecule has 0 spiro atoms. The molecule has 0 saturated carbocycles. The van der Waals surface area contributed by atoms with E-state index in [9.17, 15) is 0 Å². The third kappa shape index (κ3) is 3.07. The molecule has 2 nitrogen and oxygen atoms in total. The summed E-state index contributed by atoms with van der Waals surface area (Å²) in [5.41, 5.74) is 1.61. The molecule has 1 aliphatic rings. The number of thiazole rings is 1. The maximum atomic E-state index is 4.41. The summed E-state index contributed by atoms with van der Waals surface area (Å²) in [7, 11) is 2.06. The average molecular weight is 292 g/mol. The topological polar surface area (TPSA) is 24.9 Å². The van der Waals surface area contributed by atoms with Crippen molar-refractivity contribution in [1.82, 2.24) is 10.3 Å². The summed E-state index contributed by atoms with van der Waals surface area (Å²) >= 11 is 3.77. The van der Waals surface area contributed by atoms with Gasteiger partial charge in [0.25, 0.3) is 0 Å². The third-order valence-electron chi connectivity index (χ3n) is 3.82. The van der Waals surface area contributed by atoms with Crippen molar-refractivity contribution in [3.63, 3.8) is 0 Å². The highest BCUT2D eigenvalue weighted by atomic mass is 32.1. The zero-order valence-electron chi connectivity index (χ0n) is 11.3. The Balaban J connectivity index is 1.79. The number of hydrogen-bond acceptors (Lipinski definition) is 4. The van der Waals surface area contributed by atoms with E-state index >= 15 is 0 Å². The first-order valence-electron chi connectivity index (χ1n) is 7.04. The van der Waals surface area contributed by atoms with Crippen molar-refractivity contribution < 1.29 is 0 Å². The van der Waals surface area contributed by atoms with Gasteiger partial charge in [-0.3, -0.25) is 0 Å². The molecule has 0 amide bonds. The summed E-state index contributed by atoms with van der Waals surface area (Å²) in [6, 6.07) is 2.86. The highest BCUT2D eigenvalue weighted by Gasteiger charge is 2.18. The van der Waals surface area contributed by atoms with Crippen LogP contribution in [0.5, 0.6) is 0 Å². The fraction of sp³-hybridized carbons (Fsp3) is 0.533. The van der Waals surface area contributed by atoms with Gasteiger partial charge in [-0.1, -0.05) is 6.42 Å². The van der Waals surface area contributed by atoms with Crippen LogP contribution in [0.4, 0.5) is 0 Å². The molecule has 0 radical (unpaired) electrons. The van der Waals surface area contributed by atoms with E-state index in [1.54, 1.807) is 21.8 Å². The fourth-order valence-electron chi connectivity index (χ4n) is 2.74. The van der Waals surface area contributed by atoms with Crippen molar-refractivity contribution in [2.24, 2.45) is 0 Å². The van der Waals surface area contributed by atoms with E-state index in [-0.39, 0.29) is 0 Å². The summed E-state index contributed by atoms with van der Waals surface area (Å²) in [6.07, 6.45) is 9.59. The zero-order chi connectivity index (χ0) is 13.1. The van der Waals surface area contributed by atoms with Crippen molar-refractivity contribution in [3.8, 4) is 0 Å². The molecule has 1 atom stereocenters. The molecular formula is C15H20N2S2. The van der Waals surface area contributed by atoms with Crippen molar-refractivity contribution in [2.45, 2.75) is 44.6 Å². The van der Waals surface area contributed by atoms with Crippen LogP contribution in [0.3, 0.4) is 0 Å². The molecule has 1 aliphatic carbocycles. The van der Waals surface area contributed by atoms with E-state index in [2.05, 4.69) is 28.8 Å². The van der Waals surface area contributed by atoms with Crippen molar-refractivity contribution in [1.29, 1.82) is 0 Å². The van der Waals surface area contributed by atoms with Crippen LogP contribution in [0.2, 0.25) is 0 Å². The van der Waals surface area contributed by atoms with Gasteiger partial charge in [0.2, 0.25) is 0 Å². The lowest BCUT2D eigenvalue weighted by atomic mass is 10.1. The molecule has 102 valence electrons. The largest absolute Gasteiger partial charge is 0.312 e. The number of aromatic nitrogens is 1. The quantitative estimate of drug-likeness (QED) is 0.862. The van der Waals surface area contributed by atoms with Crippen LogP contribution < -0.4 is 5.32 Å². The van der Waals surface area contributed by atoms with E-state index in [1.807, 2.05) is 17.5 Å². The normalized spacial score (nSPS) is 16.9. The molecule has 0 bridgehead atoms. The SMILES string of the molecule is CNC(Cc1nccs1)c1cc2c(s1)CCCCC2. The Hall–Kier alpha value is -0.710. The van der Waals surface area contributed by atoms with Gasteiger partial charge in [-0.2, -0.15) is 0 Å². The molecule has 4 heteroatoms. The molecule has 0 saturated heterocycles. The van der Waals surface area contributed by atoms with Gasteiger partial charge < -0.3 is 5.32 Å². The lowest BCUT2D eigenvalue weighted by Crippen LogP contribution is -2.17. The lowest BCUT2D eigenvalue weighted by Gasteiger charge is -2.12. The van der Waals surface area contributed by atoms with Gasteiger partial charge in [0.15, 0.2) is 0 Å². The number of fused-ring (bicyclic) bond motifs is 1. The summed E-state index contributed by atoms with van der Waals surface area (Å²) in [4.78, 5) is 7.53. The monoisotopic (exact) mass is 292 g/mol. The number of nitrogens with one attached hydrogen (secondary N) is 1. The Kier molecular flexibility index (Phi) is 4.31. The van der Waals surface area contributed by atoms with E-state index in [1.165, 1.54) is 42.0 Å². The predicted octanol–water partition coefficient (Wildman–Crippen LogP) is 3.98. The van der Waals surface area contributed by atoms with Crippen molar-refractivity contribution in [2.75, 3.05) is 7.05 Å². The molecule has 0 fully saturated rings. The highest BCUT2D eigenvalue weighted by molar-refractivity contribution is 7.12. The Labute approximate surface area is 122 Å². The molecule has 19 heavy (non-hydrogen) atoms.